The number of ether oxygens (including phenoxy) is 1. The Hall–Kier alpha value is -1.60. The molecule has 19 heavy (non-hydrogen) atoms. The van der Waals surface area contributed by atoms with E-state index in [9.17, 15) is 9.65 Å². The van der Waals surface area contributed by atoms with Crippen LogP contribution < -0.4 is 10.1 Å². The molecule has 1 aliphatic carbocycles. The summed E-state index contributed by atoms with van der Waals surface area (Å²) in [5, 5.41) is 12.6. The molecule has 1 aromatic carbocycles. The van der Waals surface area contributed by atoms with E-state index in [4.69, 9.17) is 4.74 Å². The Morgan fingerprint density at radius 3 is 3.11 bits per heavy atom. The van der Waals surface area contributed by atoms with Crippen LogP contribution in [0.4, 0.5) is 4.39 Å². The second-order valence-corrected chi connectivity index (χ2v) is 5.06. The van der Waals surface area contributed by atoms with Gasteiger partial charge in [-0.05, 0) is 37.9 Å². The maximum atomic E-state index is 13.1. The molecule has 0 heterocycles. The van der Waals surface area contributed by atoms with Crippen molar-refractivity contribution in [3.63, 3.8) is 0 Å². The lowest BCUT2D eigenvalue weighted by atomic mass is 9.99. The van der Waals surface area contributed by atoms with E-state index in [0.717, 1.165) is 25.8 Å². The summed E-state index contributed by atoms with van der Waals surface area (Å²) in [4.78, 5) is 0. The molecule has 0 aromatic heterocycles. The van der Waals surface area contributed by atoms with Gasteiger partial charge in [-0.15, -0.1) is 0 Å². The van der Waals surface area contributed by atoms with E-state index in [0.29, 0.717) is 12.2 Å². The second-order valence-electron chi connectivity index (χ2n) is 5.06. The summed E-state index contributed by atoms with van der Waals surface area (Å²) >= 11 is 0. The molecule has 102 valence electrons. The highest BCUT2D eigenvalue weighted by atomic mass is 19.1. The Labute approximate surface area is 113 Å². The molecule has 0 bridgehead atoms. The number of rotatable bonds is 5. The summed E-state index contributed by atoms with van der Waals surface area (Å²) in [5.41, 5.74) is -0.478. The number of nitrogens with zero attached hydrogens (tertiary/aromatic N) is 1. The lowest BCUT2D eigenvalue weighted by Gasteiger charge is -2.22. The molecule has 0 spiro atoms. The Morgan fingerprint density at radius 2 is 2.42 bits per heavy atom. The summed E-state index contributed by atoms with van der Waals surface area (Å²) in [6, 6.07) is 8.52. The van der Waals surface area contributed by atoms with Gasteiger partial charge in [-0.3, -0.25) is 5.32 Å². The summed E-state index contributed by atoms with van der Waals surface area (Å²) < 4.78 is 18.8. The van der Waals surface area contributed by atoms with Gasteiger partial charge in [-0.2, -0.15) is 5.26 Å². The molecule has 2 unspecified atom stereocenters. The molecule has 0 saturated heterocycles. The van der Waals surface area contributed by atoms with E-state index in [1.54, 1.807) is 12.1 Å². The minimum atomic E-state index is -0.478. The number of nitriles is 1. The maximum absolute atomic E-state index is 13.1. The van der Waals surface area contributed by atoms with Crippen LogP contribution in [0.25, 0.3) is 0 Å². The zero-order valence-corrected chi connectivity index (χ0v) is 11.2. The molecule has 1 fully saturated rings. The molecule has 0 aliphatic heterocycles. The Kier molecular flexibility index (Phi) is 4.39. The SMILES string of the molecule is CCCNC1(C#N)CCC(Oc2cccc(F)c2)C1. The van der Waals surface area contributed by atoms with Gasteiger partial charge in [0.1, 0.15) is 23.2 Å². The zero-order valence-electron chi connectivity index (χ0n) is 11.2. The highest BCUT2D eigenvalue weighted by molar-refractivity contribution is 5.23. The molecule has 1 aromatic rings. The third kappa shape index (κ3) is 3.45. The molecule has 1 N–H and O–H groups in total. The van der Waals surface area contributed by atoms with Crippen molar-refractivity contribution in [3.05, 3.63) is 30.1 Å². The van der Waals surface area contributed by atoms with Gasteiger partial charge in [0.15, 0.2) is 0 Å². The fraction of sp³-hybridized carbons (Fsp3) is 0.533. The van der Waals surface area contributed by atoms with E-state index in [1.165, 1.54) is 12.1 Å². The zero-order chi connectivity index (χ0) is 13.7. The van der Waals surface area contributed by atoms with Crippen molar-refractivity contribution >= 4 is 0 Å². The van der Waals surface area contributed by atoms with Crippen molar-refractivity contribution in [1.82, 2.24) is 5.32 Å². The van der Waals surface area contributed by atoms with Crippen LogP contribution >= 0.6 is 0 Å². The number of hydrogen-bond donors (Lipinski definition) is 1. The Balaban J connectivity index is 1.96. The first-order chi connectivity index (χ1) is 9.17. The molecule has 0 radical (unpaired) electrons. The quantitative estimate of drug-likeness (QED) is 0.887. The van der Waals surface area contributed by atoms with Crippen molar-refractivity contribution in [2.24, 2.45) is 0 Å². The second kappa shape index (κ2) is 6.03. The summed E-state index contributed by atoms with van der Waals surface area (Å²) in [6.07, 6.45) is 3.23. The Bertz CT molecular complexity index is 471. The van der Waals surface area contributed by atoms with Crippen LogP contribution in [0.3, 0.4) is 0 Å². The van der Waals surface area contributed by atoms with Gasteiger partial charge >= 0.3 is 0 Å². The number of halogens is 1. The van der Waals surface area contributed by atoms with Crippen LogP contribution in [-0.2, 0) is 0 Å². The monoisotopic (exact) mass is 262 g/mol. The first kappa shape index (κ1) is 13.8. The minimum Gasteiger partial charge on any atom is -0.490 e. The summed E-state index contributed by atoms with van der Waals surface area (Å²) in [7, 11) is 0. The summed E-state index contributed by atoms with van der Waals surface area (Å²) in [6.45, 7) is 2.91. The third-order valence-corrected chi connectivity index (χ3v) is 3.50. The largest absolute Gasteiger partial charge is 0.490 e. The van der Waals surface area contributed by atoms with Crippen molar-refractivity contribution in [2.75, 3.05) is 6.54 Å². The fourth-order valence-electron chi connectivity index (χ4n) is 2.50. The van der Waals surface area contributed by atoms with Crippen LogP contribution in [0.2, 0.25) is 0 Å². The van der Waals surface area contributed by atoms with Gasteiger partial charge in [-0.1, -0.05) is 13.0 Å². The van der Waals surface area contributed by atoms with E-state index >= 15 is 0 Å². The lowest BCUT2D eigenvalue weighted by molar-refractivity contribution is 0.200. The van der Waals surface area contributed by atoms with Gasteiger partial charge in [-0.25, -0.2) is 4.39 Å². The van der Waals surface area contributed by atoms with Crippen molar-refractivity contribution in [1.29, 1.82) is 5.26 Å². The average molecular weight is 262 g/mol. The highest BCUT2D eigenvalue weighted by Crippen LogP contribution is 2.32. The van der Waals surface area contributed by atoms with E-state index in [-0.39, 0.29) is 11.9 Å². The first-order valence-corrected chi connectivity index (χ1v) is 6.76. The van der Waals surface area contributed by atoms with Gasteiger partial charge < -0.3 is 4.74 Å². The minimum absolute atomic E-state index is 0.0224. The van der Waals surface area contributed by atoms with Crippen LogP contribution in [-0.4, -0.2) is 18.2 Å². The fourth-order valence-corrected chi connectivity index (χ4v) is 2.50. The highest BCUT2D eigenvalue weighted by Gasteiger charge is 2.40. The van der Waals surface area contributed by atoms with Crippen molar-refractivity contribution in [2.45, 2.75) is 44.2 Å². The maximum Gasteiger partial charge on any atom is 0.126 e. The third-order valence-electron chi connectivity index (χ3n) is 3.50. The van der Waals surface area contributed by atoms with E-state index < -0.39 is 5.54 Å². The molecule has 1 aliphatic rings. The molecular weight excluding hydrogens is 243 g/mol. The normalized spacial score (nSPS) is 26.1. The molecule has 1 saturated carbocycles. The number of nitrogens with one attached hydrogen (secondary N) is 1. The molecule has 3 nitrogen and oxygen atoms in total. The molecule has 2 rings (SSSR count). The first-order valence-electron chi connectivity index (χ1n) is 6.76. The van der Waals surface area contributed by atoms with Crippen molar-refractivity contribution < 1.29 is 9.13 Å². The topological polar surface area (TPSA) is 45.0 Å². The molecular formula is C15H19FN2O. The van der Waals surface area contributed by atoms with Crippen LogP contribution in [0, 0.1) is 17.1 Å². The predicted molar refractivity (Wildman–Crippen MR) is 71.3 cm³/mol. The van der Waals surface area contributed by atoms with Crippen LogP contribution in [0.15, 0.2) is 24.3 Å². The Morgan fingerprint density at radius 1 is 1.58 bits per heavy atom. The van der Waals surface area contributed by atoms with Gasteiger partial charge in [0, 0.05) is 12.5 Å². The van der Waals surface area contributed by atoms with E-state index in [1.807, 2.05) is 0 Å². The molecule has 2 atom stereocenters. The van der Waals surface area contributed by atoms with Gasteiger partial charge in [0.05, 0.1) is 6.07 Å². The molecule has 4 heteroatoms. The van der Waals surface area contributed by atoms with Crippen molar-refractivity contribution in [3.8, 4) is 11.8 Å². The lowest BCUT2D eigenvalue weighted by Crippen LogP contribution is -2.42. The number of hydrogen-bond acceptors (Lipinski definition) is 3. The van der Waals surface area contributed by atoms with Crippen LogP contribution in [0.5, 0.6) is 5.75 Å². The molecule has 0 amide bonds. The van der Waals surface area contributed by atoms with Gasteiger partial charge in [0.25, 0.3) is 0 Å². The smallest absolute Gasteiger partial charge is 0.126 e. The van der Waals surface area contributed by atoms with Crippen LogP contribution in [0.1, 0.15) is 32.6 Å². The predicted octanol–water partition coefficient (Wildman–Crippen LogP) is 3.02. The van der Waals surface area contributed by atoms with Gasteiger partial charge in [0.2, 0.25) is 0 Å². The number of benzene rings is 1. The summed E-state index contributed by atoms with van der Waals surface area (Å²) in [5.74, 6) is 0.236. The van der Waals surface area contributed by atoms with E-state index in [2.05, 4.69) is 18.3 Å². The standard InChI is InChI=1S/C15H19FN2O/c1-2-8-18-15(11-17)7-6-14(10-15)19-13-5-3-4-12(16)9-13/h3-5,9,14,18H,2,6-8,10H2,1H3. The average Bonchev–Trinajstić information content (AvgIpc) is 2.80.